The number of carboxylic acid groups (broad SMARTS) is 2. The Morgan fingerprint density at radius 1 is 0.667 bits per heavy atom. The van der Waals surface area contributed by atoms with Crippen molar-refractivity contribution in [2.45, 2.75) is 114 Å². The van der Waals surface area contributed by atoms with E-state index in [4.69, 9.17) is 14.6 Å². The standard InChI is InChI=1S/C24H42O8S/c1-3-5-7-9-11-13-15-31-22(27)18-20(33-19(23(28)29)17-21(25)26)24(30)32-16-14-12-10-8-6-4-2/h19-20H,3-18H2,1-2H3,(H,25,26)(H,28,29). The molecular weight excluding hydrogens is 448 g/mol. The van der Waals surface area contributed by atoms with Crippen LogP contribution in [0.25, 0.3) is 0 Å². The van der Waals surface area contributed by atoms with E-state index in [1.54, 1.807) is 0 Å². The van der Waals surface area contributed by atoms with Crippen LogP contribution in [-0.2, 0) is 28.7 Å². The van der Waals surface area contributed by atoms with Crippen molar-refractivity contribution < 1.29 is 38.9 Å². The van der Waals surface area contributed by atoms with Gasteiger partial charge in [0.15, 0.2) is 0 Å². The van der Waals surface area contributed by atoms with Crippen LogP contribution in [0.15, 0.2) is 0 Å². The largest absolute Gasteiger partial charge is 0.481 e. The molecule has 0 amide bonds. The average Bonchev–Trinajstić information content (AvgIpc) is 2.76. The van der Waals surface area contributed by atoms with E-state index in [0.29, 0.717) is 18.2 Å². The Labute approximate surface area is 202 Å². The zero-order valence-corrected chi connectivity index (χ0v) is 21.0. The molecule has 2 N–H and O–H groups in total. The second-order valence-corrected chi connectivity index (χ2v) is 9.59. The molecule has 0 rings (SSSR count). The first-order valence-corrected chi connectivity index (χ1v) is 13.2. The van der Waals surface area contributed by atoms with Gasteiger partial charge in [-0.05, 0) is 12.8 Å². The lowest BCUT2D eigenvalue weighted by molar-refractivity contribution is -0.150. The van der Waals surface area contributed by atoms with Crippen LogP contribution in [-0.4, -0.2) is 57.8 Å². The molecule has 0 saturated carbocycles. The summed E-state index contributed by atoms with van der Waals surface area (Å²) in [6, 6.07) is 0. The van der Waals surface area contributed by atoms with Gasteiger partial charge in [-0.3, -0.25) is 19.2 Å². The number of rotatable bonds is 22. The summed E-state index contributed by atoms with van der Waals surface area (Å²) < 4.78 is 10.5. The van der Waals surface area contributed by atoms with E-state index in [1.165, 1.54) is 12.8 Å². The molecule has 0 aromatic heterocycles. The van der Waals surface area contributed by atoms with Gasteiger partial charge in [-0.25, -0.2) is 0 Å². The molecule has 0 spiro atoms. The molecule has 0 aliphatic rings. The third-order valence-electron chi connectivity index (χ3n) is 5.08. The van der Waals surface area contributed by atoms with E-state index in [2.05, 4.69) is 13.8 Å². The van der Waals surface area contributed by atoms with Crippen molar-refractivity contribution >= 4 is 35.6 Å². The van der Waals surface area contributed by atoms with Gasteiger partial charge in [0.05, 0.1) is 26.1 Å². The molecule has 33 heavy (non-hydrogen) atoms. The average molecular weight is 491 g/mol. The van der Waals surface area contributed by atoms with Gasteiger partial charge in [0.2, 0.25) is 0 Å². The lowest BCUT2D eigenvalue weighted by Crippen LogP contribution is -2.31. The summed E-state index contributed by atoms with van der Waals surface area (Å²) >= 11 is 0.635. The molecule has 0 aliphatic carbocycles. The maximum Gasteiger partial charge on any atom is 0.319 e. The van der Waals surface area contributed by atoms with E-state index in [-0.39, 0.29) is 19.6 Å². The Morgan fingerprint density at radius 2 is 1.15 bits per heavy atom. The SMILES string of the molecule is CCCCCCCCOC(=O)CC(SC(CC(=O)O)C(=O)O)C(=O)OCCCCCCCC. The van der Waals surface area contributed by atoms with Gasteiger partial charge in [-0.15, -0.1) is 11.8 Å². The van der Waals surface area contributed by atoms with Crippen LogP contribution < -0.4 is 0 Å². The Morgan fingerprint density at radius 3 is 1.64 bits per heavy atom. The smallest absolute Gasteiger partial charge is 0.319 e. The van der Waals surface area contributed by atoms with E-state index in [1.807, 2.05) is 0 Å². The summed E-state index contributed by atoms with van der Waals surface area (Å²) in [5.74, 6) is -3.96. The van der Waals surface area contributed by atoms with E-state index >= 15 is 0 Å². The highest BCUT2D eigenvalue weighted by molar-refractivity contribution is 8.01. The van der Waals surface area contributed by atoms with Gasteiger partial charge >= 0.3 is 23.9 Å². The molecule has 0 saturated heterocycles. The second-order valence-electron chi connectivity index (χ2n) is 8.18. The van der Waals surface area contributed by atoms with Crippen LogP contribution in [0.3, 0.4) is 0 Å². The predicted octanol–water partition coefficient (Wildman–Crippen LogP) is 5.21. The summed E-state index contributed by atoms with van der Waals surface area (Å²) in [7, 11) is 0. The molecule has 9 heteroatoms. The fraction of sp³-hybridized carbons (Fsp3) is 0.833. The fourth-order valence-corrected chi connectivity index (χ4v) is 4.33. The topological polar surface area (TPSA) is 127 Å². The molecular formula is C24H42O8S. The van der Waals surface area contributed by atoms with Crippen molar-refractivity contribution in [1.29, 1.82) is 0 Å². The second kappa shape index (κ2) is 20.8. The van der Waals surface area contributed by atoms with Crippen molar-refractivity contribution in [1.82, 2.24) is 0 Å². The van der Waals surface area contributed by atoms with Crippen LogP contribution in [0, 0.1) is 0 Å². The highest BCUT2D eigenvalue weighted by Crippen LogP contribution is 2.26. The van der Waals surface area contributed by atoms with Crippen LogP contribution in [0.2, 0.25) is 0 Å². The zero-order valence-electron chi connectivity index (χ0n) is 20.2. The minimum Gasteiger partial charge on any atom is -0.481 e. The lowest BCUT2D eigenvalue weighted by Gasteiger charge is -2.18. The number of unbranched alkanes of at least 4 members (excludes halogenated alkanes) is 10. The number of hydrogen-bond acceptors (Lipinski definition) is 7. The Bertz CT molecular complexity index is 567. The molecule has 0 fully saturated rings. The summed E-state index contributed by atoms with van der Waals surface area (Å²) in [5.41, 5.74) is 0. The zero-order chi connectivity index (χ0) is 24.9. The Hall–Kier alpha value is -1.77. The monoisotopic (exact) mass is 490 g/mol. The van der Waals surface area contributed by atoms with Crippen molar-refractivity contribution in [2.75, 3.05) is 13.2 Å². The van der Waals surface area contributed by atoms with E-state index < -0.39 is 40.8 Å². The summed E-state index contributed by atoms with van der Waals surface area (Å²) in [4.78, 5) is 47.2. The third-order valence-corrected chi connectivity index (χ3v) is 6.47. The molecule has 0 bridgehead atoms. The number of carbonyl (C=O) groups is 4. The molecule has 2 atom stereocenters. The molecule has 8 nitrogen and oxygen atoms in total. The summed E-state index contributed by atoms with van der Waals surface area (Å²) in [6.45, 7) is 4.70. The van der Waals surface area contributed by atoms with Crippen LogP contribution >= 0.6 is 11.8 Å². The van der Waals surface area contributed by atoms with E-state index in [9.17, 15) is 24.3 Å². The maximum atomic E-state index is 12.5. The number of carbonyl (C=O) groups excluding carboxylic acids is 2. The van der Waals surface area contributed by atoms with E-state index in [0.717, 1.165) is 57.8 Å². The third kappa shape index (κ3) is 18.4. The Kier molecular flexibility index (Phi) is 19.7. The van der Waals surface area contributed by atoms with Crippen molar-refractivity contribution in [2.24, 2.45) is 0 Å². The van der Waals surface area contributed by atoms with Crippen LogP contribution in [0.5, 0.6) is 0 Å². The van der Waals surface area contributed by atoms with Crippen molar-refractivity contribution in [3.8, 4) is 0 Å². The van der Waals surface area contributed by atoms with Crippen LogP contribution in [0.1, 0.15) is 104 Å². The number of ether oxygens (including phenoxy) is 2. The number of carboxylic acids is 2. The number of thioether (sulfide) groups is 1. The van der Waals surface area contributed by atoms with Crippen LogP contribution in [0.4, 0.5) is 0 Å². The highest BCUT2D eigenvalue weighted by Gasteiger charge is 2.32. The van der Waals surface area contributed by atoms with Crippen molar-refractivity contribution in [3.63, 3.8) is 0 Å². The first kappa shape index (κ1) is 31.2. The first-order valence-electron chi connectivity index (χ1n) is 12.2. The quantitative estimate of drug-likeness (QED) is 0.155. The van der Waals surface area contributed by atoms with Gasteiger partial charge in [-0.1, -0.05) is 78.1 Å². The lowest BCUT2D eigenvalue weighted by atomic mass is 10.1. The van der Waals surface area contributed by atoms with Gasteiger partial charge in [0.1, 0.15) is 10.5 Å². The molecule has 2 unspecified atom stereocenters. The molecule has 0 aliphatic heterocycles. The van der Waals surface area contributed by atoms with Gasteiger partial charge in [-0.2, -0.15) is 0 Å². The minimum atomic E-state index is -1.36. The molecule has 0 radical (unpaired) electrons. The number of hydrogen-bond donors (Lipinski definition) is 2. The maximum absolute atomic E-state index is 12.5. The predicted molar refractivity (Wildman–Crippen MR) is 128 cm³/mol. The summed E-state index contributed by atoms with van der Waals surface area (Å²) in [6.07, 6.45) is 11.3. The minimum absolute atomic E-state index is 0.186. The molecule has 0 aromatic carbocycles. The van der Waals surface area contributed by atoms with Gasteiger partial charge in [0.25, 0.3) is 0 Å². The normalized spacial score (nSPS) is 12.7. The molecule has 0 heterocycles. The fourth-order valence-electron chi connectivity index (χ4n) is 3.16. The first-order chi connectivity index (χ1) is 15.8. The van der Waals surface area contributed by atoms with Gasteiger partial charge in [0, 0.05) is 0 Å². The molecule has 192 valence electrons. The summed E-state index contributed by atoms with van der Waals surface area (Å²) in [5, 5.41) is 15.8. The number of esters is 2. The van der Waals surface area contributed by atoms with Gasteiger partial charge < -0.3 is 19.7 Å². The van der Waals surface area contributed by atoms with Crippen molar-refractivity contribution in [3.05, 3.63) is 0 Å². The Balaban J connectivity index is 4.66. The number of aliphatic carboxylic acids is 2. The molecule has 0 aromatic rings. The highest BCUT2D eigenvalue weighted by atomic mass is 32.2.